The van der Waals surface area contributed by atoms with E-state index in [1.807, 2.05) is 12.1 Å². The summed E-state index contributed by atoms with van der Waals surface area (Å²) in [5.74, 6) is -0.854. The fraction of sp³-hybridized carbons (Fsp3) is 0.333. The molecule has 2 aromatic carbocycles. The molecule has 0 unspecified atom stereocenters. The Labute approximate surface area is 195 Å². The van der Waals surface area contributed by atoms with Gasteiger partial charge < -0.3 is 19.5 Å². The number of halogens is 1. The highest BCUT2D eigenvalue weighted by Crippen LogP contribution is 2.40. The number of amides is 1. The summed E-state index contributed by atoms with van der Waals surface area (Å²) < 4.78 is 11.6. The maximum Gasteiger partial charge on any atom is 0.295 e. The summed E-state index contributed by atoms with van der Waals surface area (Å²) in [6.07, 6.45) is 0. The molecule has 2 aliphatic rings. The minimum absolute atomic E-state index is 0.0903. The number of hydrogen-bond acceptors (Lipinski definition) is 6. The van der Waals surface area contributed by atoms with Crippen LogP contribution in [0.5, 0.6) is 5.75 Å². The molecule has 2 heterocycles. The number of nitrogens with zero attached hydrogens (tertiary/aromatic N) is 2. The first-order chi connectivity index (χ1) is 15.5. The average Bonchev–Trinajstić information content (AvgIpc) is 3.08. The van der Waals surface area contributed by atoms with Crippen LogP contribution in [0.3, 0.4) is 0 Å². The first-order valence-electron chi connectivity index (χ1n) is 10.5. The van der Waals surface area contributed by atoms with Crippen LogP contribution in [-0.4, -0.2) is 73.1 Å². The third-order valence-electron chi connectivity index (χ3n) is 5.83. The van der Waals surface area contributed by atoms with Crippen LogP contribution in [0.4, 0.5) is 0 Å². The normalized spacial score (nSPS) is 21.2. The molecule has 2 aromatic rings. The lowest BCUT2D eigenvalue weighted by Gasteiger charge is -2.31. The lowest BCUT2D eigenvalue weighted by molar-refractivity contribution is -0.140. The van der Waals surface area contributed by atoms with Crippen LogP contribution in [0.2, 0.25) is 0 Å². The number of morpholine rings is 1. The lowest BCUT2D eigenvalue weighted by Crippen LogP contribution is -2.42. The molecule has 1 amide bonds. The molecule has 0 bridgehead atoms. The van der Waals surface area contributed by atoms with Crippen LogP contribution in [0.15, 0.2) is 58.6 Å². The van der Waals surface area contributed by atoms with Gasteiger partial charge in [0, 0.05) is 36.2 Å². The number of hydrogen-bond donors (Lipinski definition) is 1. The molecule has 0 aromatic heterocycles. The summed E-state index contributed by atoms with van der Waals surface area (Å²) in [7, 11) is 1.57. The Morgan fingerprint density at radius 3 is 2.53 bits per heavy atom. The summed E-state index contributed by atoms with van der Waals surface area (Å²) in [4.78, 5) is 29.9. The molecule has 0 radical (unpaired) electrons. The Morgan fingerprint density at radius 2 is 1.84 bits per heavy atom. The monoisotopic (exact) mass is 500 g/mol. The molecule has 168 valence electrons. The Morgan fingerprint density at radius 1 is 1.12 bits per heavy atom. The highest BCUT2D eigenvalue weighted by molar-refractivity contribution is 9.10. The largest absolute Gasteiger partial charge is 0.507 e. The Bertz CT molecular complexity index is 1030. The number of aliphatic hydroxyl groups is 1. The van der Waals surface area contributed by atoms with Gasteiger partial charge in [-0.2, -0.15) is 0 Å². The quantitative estimate of drug-likeness (QED) is 0.372. The molecule has 1 atom stereocenters. The van der Waals surface area contributed by atoms with Gasteiger partial charge in [-0.15, -0.1) is 0 Å². The fourth-order valence-corrected chi connectivity index (χ4v) is 4.37. The molecule has 0 aliphatic carbocycles. The number of ketones is 1. The van der Waals surface area contributed by atoms with Gasteiger partial charge in [0.1, 0.15) is 11.5 Å². The second-order valence-electron chi connectivity index (χ2n) is 7.73. The highest BCUT2D eigenvalue weighted by atomic mass is 79.9. The Hall–Kier alpha value is -2.68. The summed E-state index contributed by atoms with van der Waals surface area (Å²) >= 11 is 3.38. The van der Waals surface area contributed by atoms with Crippen LogP contribution in [0.1, 0.15) is 17.2 Å². The van der Waals surface area contributed by atoms with Crippen molar-refractivity contribution >= 4 is 33.4 Å². The summed E-state index contributed by atoms with van der Waals surface area (Å²) in [6, 6.07) is 13.5. The van der Waals surface area contributed by atoms with Crippen LogP contribution in [0, 0.1) is 0 Å². The number of carbonyl (C=O) groups is 2. The third kappa shape index (κ3) is 4.57. The van der Waals surface area contributed by atoms with Gasteiger partial charge in [-0.1, -0.05) is 40.2 Å². The van der Waals surface area contributed by atoms with E-state index >= 15 is 0 Å². The SMILES string of the molecule is COc1cccc([C@@H]2C(=C(O)c3ccc(Br)cc3)C(=O)C(=O)N2CCN2CCOCC2)c1. The molecule has 4 rings (SSSR count). The van der Waals surface area contributed by atoms with E-state index in [2.05, 4.69) is 20.8 Å². The standard InChI is InChI=1S/C24H25BrN2O5/c1-31-19-4-2-3-17(15-19)21-20(22(28)16-5-7-18(25)8-6-16)23(29)24(30)27(21)10-9-26-11-13-32-14-12-26/h2-8,15,21,28H,9-14H2,1H3/t21-/m1/s1. The first-order valence-corrected chi connectivity index (χ1v) is 11.3. The Kier molecular flexibility index (Phi) is 6.93. The van der Waals surface area contributed by atoms with Gasteiger partial charge in [-0.05, 0) is 29.8 Å². The number of aliphatic hydroxyl groups excluding tert-OH is 1. The summed E-state index contributed by atoms with van der Waals surface area (Å²) in [5.41, 5.74) is 1.28. The van der Waals surface area contributed by atoms with Crippen molar-refractivity contribution in [3.63, 3.8) is 0 Å². The molecule has 1 N–H and O–H groups in total. The van der Waals surface area contributed by atoms with Gasteiger partial charge in [0.25, 0.3) is 11.7 Å². The number of carbonyl (C=O) groups excluding carboxylic acids is 2. The summed E-state index contributed by atoms with van der Waals surface area (Å²) in [5, 5.41) is 11.1. The van der Waals surface area contributed by atoms with E-state index in [-0.39, 0.29) is 11.3 Å². The molecule has 0 saturated carbocycles. The van der Waals surface area contributed by atoms with E-state index in [1.165, 1.54) is 0 Å². The van der Waals surface area contributed by atoms with E-state index in [0.29, 0.717) is 43.2 Å². The minimum atomic E-state index is -0.699. The van der Waals surface area contributed by atoms with Crippen LogP contribution < -0.4 is 4.74 Å². The number of benzene rings is 2. The van der Waals surface area contributed by atoms with Gasteiger partial charge in [-0.25, -0.2) is 0 Å². The minimum Gasteiger partial charge on any atom is -0.507 e. The molecule has 2 saturated heterocycles. The van der Waals surface area contributed by atoms with Gasteiger partial charge in [-0.3, -0.25) is 14.5 Å². The van der Waals surface area contributed by atoms with Crippen LogP contribution in [0.25, 0.3) is 5.76 Å². The van der Waals surface area contributed by atoms with Crippen molar-refractivity contribution in [3.05, 3.63) is 69.7 Å². The lowest BCUT2D eigenvalue weighted by atomic mass is 9.95. The fourth-order valence-electron chi connectivity index (χ4n) is 4.11. The second kappa shape index (κ2) is 9.85. The van der Waals surface area contributed by atoms with E-state index in [1.54, 1.807) is 48.4 Å². The maximum atomic E-state index is 13.1. The molecule has 2 aliphatic heterocycles. The average molecular weight is 501 g/mol. The number of methoxy groups -OCH3 is 1. The predicted octanol–water partition coefficient (Wildman–Crippen LogP) is 3.21. The number of ether oxygens (including phenoxy) is 2. The molecule has 32 heavy (non-hydrogen) atoms. The molecule has 0 spiro atoms. The van der Waals surface area contributed by atoms with Gasteiger partial charge >= 0.3 is 0 Å². The molecular weight excluding hydrogens is 476 g/mol. The molecular formula is C24H25BrN2O5. The molecule has 2 fully saturated rings. The zero-order valence-corrected chi connectivity index (χ0v) is 19.4. The van der Waals surface area contributed by atoms with Crippen molar-refractivity contribution in [1.82, 2.24) is 9.80 Å². The predicted molar refractivity (Wildman–Crippen MR) is 123 cm³/mol. The van der Waals surface area contributed by atoms with Gasteiger partial charge in [0.2, 0.25) is 0 Å². The molecule has 8 heteroatoms. The summed E-state index contributed by atoms with van der Waals surface area (Å²) in [6.45, 7) is 3.86. The second-order valence-corrected chi connectivity index (χ2v) is 8.65. The maximum absolute atomic E-state index is 13.1. The van der Waals surface area contributed by atoms with Gasteiger partial charge in [0.05, 0.1) is 31.9 Å². The van der Waals surface area contributed by atoms with Crippen LogP contribution in [-0.2, 0) is 14.3 Å². The van der Waals surface area contributed by atoms with Crippen molar-refractivity contribution < 1.29 is 24.2 Å². The number of rotatable bonds is 6. The number of likely N-dealkylation sites (tertiary alicyclic amines) is 1. The Balaban J connectivity index is 1.74. The van der Waals surface area contributed by atoms with Crippen molar-refractivity contribution in [3.8, 4) is 5.75 Å². The van der Waals surface area contributed by atoms with E-state index in [9.17, 15) is 14.7 Å². The number of Topliss-reactive ketones (excluding diaryl/α,β-unsaturated/α-hetero) is 1. The van der Waals surface area contributed by atoms with E-state index < -0.39 is 17.7 Å². The van der Waals surface area contributed by atoms with Crippen LogP contribution >= 0.6 is 15.9 Å². The van der Waals surface area contributed by atoms with Crippen molar-refractivity contribution in [2.24, 2.45) is 0 Å². The van der Waals surface area contributed by atoms with Crippen molar-refractivity contribution in [2.45, 2.75) is 6.04 Å². The zero-order chi connectivity index (χ0) is 22.7. The first kappa shape index (κ1) is 22.5. The molecule has 7 nitrogen and oxygen atoms in total. The smallest absolute Gasteiger partial charge is 0.295 e. The topological polar surface area (TPSA) is 79.3 Å². The van der Waals surface area contributed by atoms with E-state index in [0.717, 1.165) is 17.6 Å². The zero-order valence-electron chi connectivity index (χ0n) is 17.8. The van der Waals surface area contributed by atoms with Gasteiger partial charge in [0.15, 0.2) is 0 Å². The van der Waals surface area contributed by atoms with Crippen molar-refractivity contribution in [2.75, 3.05) is 46.5 Å². The van der Waals surface area contributed by atoms with E-state index in [4.69, 9.17) is 9.47 Å². The highest BCUT2D eigenvalue weighted by Gasteiger charge is 2.46. The third-order valence-corrected chi connectivity index (χ3v) is 6.36. The van der Waals surface area contributed by atoms with Crippen molar-refractivity contribution in [1.29, 1.82) is 0 Å².